The molecule has 1 atom stereocenters. The molecule has 1 aromatic carbocycles. The van der Waals surface area contributed by atoms with E-state index in [-0.39, 0.29) is 11.7 Å². The monoisotopic (exact) mass is 278 g/mol. The van der Waals surface area contributed by atoms with Gasteiger partial charge < -0.3 is 5.73 Å². The molecule has 1 heterocycles. The van der Waals surface area contributed by atoms with Crippen molar-refractivity contribution in [2.45, 2.75) is 12.5 Å². The van der Waals surface area contributed by atoms with Gasteiger partial charge in [-0.25, -0.2) is 22.6 Å². The van der Waals surface area contributed by atoms with Crippen LogP contribution in [0.2, 0.25) is 0 Å². The highest BCUT2D eigenvalue weighted by Crippen LogP contribution is 2.33. The van der Waals surface area contributed by atoms with Crippen LogP contribution in [-0.4, -0.2) is 31.5 Å². The molecule has 0 saturated heterocycles. The molecule has 0 saturated carbocycles. The van der Waals surface area contributed by atoms with Crippen LogP contribution < -0.4 is 5.73 Å². The van der Waals surface area contributed by atoms with Crippen LogP contribution in [0.25, 0.3) is 4.85 Å². The number of hydrogen-bond donors (Lipinski definition) is 1. The summed E-state index contributed by atoms with van der Waals surface area (Å²) >= 11 is 0. The van der Waals surface area contributed by atoms with Crippen LogP contribution in [0.5, 0.6) is 0 Å². The molecule has 2 N–H and O–H groups in total. The minimum atomic E-state index is -3.49. The number of benzene rings is 1. The third kappa shape index (κ3) is 2.27. The van der Waals surface area contributed by atoms with Gasteiger partial charge in [-0.3, -0.25) is 0 Å². The zero-order valence-electron chi connectivity index (χ0n) is 10.7. The van der Waals surface area contributed by atoms with Crippen molar-refractivity contribution < 1.29 is 8.42 Å². The predicted octanol–water partition coefficient (Wildman–Crippen LogP) is 1.04. The van der Waals surface area contributed by atoms with Crippen molar-refractivity contribution in [3.8, 4) is 0 Å². The normalized spacial score (nSPS) is 25.5. The molecule has 0 unspecified atom stereocenters. The third-order valence-corrected chi connectivity index (χ3v) is 5.11. The first-order valence-corrected chi connectivity index (χ1v) is 7.19. The minimum absolute atomic E-state index is 0.0398. The molecule has 100 valence electrons. The fourth-order valence-corrected chi connectivity index (χ4v) is 3.47. The van der Waals surface area contributed by atoms with E-state index in [0.717, 1.165) is 4.31 Å². The lowest BCUT2D eigenvalue weighted by Crippen LogP contribution is -2.50. The van der Waals surface area contributed by atoms with Gasteiger partial charge in [0, 0.05) is 7.05 Å². The number of rotatable bonds is 1. The average molecular weight is 278 g/mol. The van der Waals surface area contributed by atoms with Crippen LogP contribution in [0, 0.1) is 6.57 Å². The van der Waals surface area contributed by atoms with Gasteiger partial charge in [0.2, 0.25) is 16.0 Å². The average Bonchev–Trinajstić information content (AvgIpc) is 2.35. The first kappa shape index (κ1) is 13.4. The third-order valence-electron chi connectivity index (χ3n) is 3.16. The zero-order chi connectivity index (χ0) is 14.3. The van der Waals surface area contributed by atoms with Gasteiger partial charge in [0.05, 0.1) is 12.3 Å². The van der Waals surface area contributed by atoms with Crippen molar-refractivity contribution in [3.05, 3.63) is 41.2 Å². The number of aliphatic imine (C=N–C) groups is 1. The van der Waals surface area contributed by atoms with Crippen LogP contribution in [0.4, 0.5) is 5.69 Å². The van der Waals surface area contributed by atoms with Gasteiger partial charge in [-0.1, -0.05) is 24.3 Å². The fraction of sp³-hybridized carbons (Fsp3) is 0.333. The Morgan fingerprint density at radius 3 is 2.79 bits per heavy atom. The predicted molar refractivity (Wildman–Crippen MR) is 73.2 cm³/mol. The van der Waals surface area contributed by atoms with Crippen LogP contribution >= 0.6 is 0 Å². The summed E-state index contributed by atoms with van der Waals surface area (Å²) in [7, 11) is -2.11. The van der Waals surface area contributed by atoms with E-state index < -0.39 is 15.6 Å². The number of hydrogen-bond acceptors (Lipinski definition) is 4. The molecule has 0 bridgehead atoms. The van der Waals surface area contributed by atoms with Crippen molar-refractivity contribution in [2.24, 2.45) is 10.7 Å². The van der Waals surface area contributed by atoms with Crippen LogP contribution in [0.1, 0.15) is 12.5 Å². The van der Waals surface area contributed by atoms with Gasteiger partial charge in [-0.15, -0.1) is 0 Å². The number of nitrogens with zero attached hydrogens (tertiary/aromatic N) is 3. The van der Waals surface area contributed by atoms with E-state index >= 15 is 0 Å². The Balaban J connectivity index is 2.58. The highest BCUT2D eigenvalue weighted by atomic mass is 32.2. The van der Waals surface area contributed by atoms with E-state index in [1.807, 2.05) is 0 Å². The number of nitrogens with two attached hydrogens (primary N) is 1. The molecule has 1 aliphatic heterocycles. The summed E-state index contributed by atoms with van der Waals surface area (Å²) < 4.78 is 25.1. The summed E-state index contributed by atoms with van der Waals surface area (Å²) in [5.41, 5.74) is 5.83. The lowest BCUT2D eigenvalue weighted by atomic mass is 9.94. The van der Waals surface area contributed by atoms with Gasteiger partial charge in [0.1, 0.15) is 5.54 Å². The largest absolute Gasteiger partial charge is 0.369 e. The summed E-state index contributed by atoms with van der Waals surface area (Å²) in [6.07, 6.45) is 0. The van der Waals surface area contributed by atoms with Crippen molar-refractivity contribution in [3.63, 3.8) is 0 Å². The van der Waals surface area contributed by atoms with Crippen molar-refractivity contribution in [1.82, 2.24) is 4.31 Å². The Morgan fingerprint density at radius 2 is 2.21 bits per heavy atom. The molecule has 2 rings (SSSR count). The van der Waals surface area contributed by atoms with Gasteiger partial charge in [-0.05, 0) is 12.5 Å². The van der Waals surface area contributed by atoms with Crippen LogP contribution in [0.15, 0.2) is 29.3 Å². The molecule has 0 radical (unpaired) electrons. The molecular formula is C12H14N4O2S. The molecule has 1 aliphatic rings. The summed E-state index contributed by atoms with van der Waals surface area (Å²) in [4.78, 5) is 7.61. The quantitative estimate of drug-likeness (QED) is 0.779. The van der Waals surface area contributed by atoms with E-state index in [1.165, 1.54) is 7.05 Å². The SMILES string of the molecule is [C-]#[N+]c1cccc([C@]2(C)CS(=O)(=O)N(C)C(N)=N2)c1. The molecule has 0 spiro atoms. The molecule has 0 amide bonds. The molecule has 19 heavy (non-hydrogen) atoms. The number of guanidine groups is 1. The smallest absolute Gasteiger partial charge is 0.239 e. The van der Waals surface area contributed by atoms with E-state index in [0.29, 0.717) is 11.3 Å². The zero-order valence-corrected chi connectivity index (χ0v) is 11.5. The van der Waals surface area contributed by atoms with E-state index in [4.69, 9.17) is 12.3 Å². The Kier molecular flexibility index (Phi) is 2.98. The first-order valence-electron chi connectivity index (χ1n) is 5.58. The minimum Gasteiger partial charge on any atom is -0.369 e. The second-order valence-electron chi connectivity index (χ2n) is 4.63. The molecule has 0 fully saturated rings. The Hall–Kier alpha value is -2.07. The maximum absolute atomic E-state index is 12.0. The molecule has 0 aromatic heterocycles. The summed E-state index contributed by atoms with van der Waals surface area (Å²) in [5.74, 6) is -0.208. The number of sulfonamides is 1. The van der Waals surface area contributed by atoms with Crippen LogP contribution in [0.3, 0.4) is 0 Å². The van der Waals surface area contributed by atoms with E-state index in [2.05, 4.69) is 9.84 Å². The Bertz CT molecular complexity index is 690. The summed E-state index contributed by atoms with van der Waals surface area (Å²) in [6, 6.07) is 6.78. The second kappa shape index (κ2) is 4.24. The second-order valence-corrected chi connectivity index (χ2v) is 6.63. The molecular weight excluding hydrogens is 264 g/mol. The van der Waals surface area contributed by atoms with Crippen molar-refractivity contribution in [2.75, 3.05) is 12.8 Å². The lowest BCUT2D eigenvalue weighted by Gasteiger charge is -2.34. The summed E-state index contributed by atoms with van der Waals surface area (Å²) in [6.45, 7) is 8.71. The Morgan fingerprint density at radius 1 is 1.53 bits per heavy atom. The van der Waals surface area contributed by atoms with Crippen molar-refractivity contribution >= 4 is 21.7 Å². The van der Waals surface area contributed by atoms with Gasteiger partial charge in [-0.2, -0.15) is 0 Å². The molecule has 0 aliphatic carbocycles. The maximum atomic E-state index is 12.0. The van der Waals surface area contributed by atoms with Crippen LogP contribution in [-0.2, 0) is 15.6 Å². The standard InChI is InChI=1S/C12H14N4O2S/c1-12(9-5-4-6-10(7-9)14-2)8-19(17,18)16(3)11(13)15-12/h4-7H,8H2,1,3H3,(H2,13,15)/t12-/m0/s1. The molecule has 1 aromatic rings. The van der Waals surface area contributed by atoms with Gasteiger partial charge >= 0.3 is 0 Å². The summed E-state index contributed by atoms with van der Waals surface area (Å²) in [5, 5.41) is 0. The molecule has 6 nitrogen and oxygen atoms in total. The fourth-order valence-electron chi connectivity index (χ4n) is 2.01. The highest BCUT2D eigenvalue weighted by molar-refractivity contribution is 7.89. The van der Waals surface area contributed by atoms with E-state index in [1.54, 1.807) is 31.2 Å². The Labute approximate surface area is 112 Å². The maximum Gasteiger partial charge on any atom is 0.239 e. The van der Waals surface area contributed by atoms with Gasteiger partial charge in [0.25, 0.3) is 0 Å². The van der Waals surface area contributed by atoms with Crippen molar-refractivity contribution in [1.29, 1.82) is 0 Å². The molecule has 7 heteroatoms. The first-order chi connectivity index (χ1) is 8.78. The topological polar surface area (TPSA) is 80.1 Å². The van der Waals surface area contributed by atoms with E-state index in [9.17, 15) is 8.42 Å². The highest BCUT2D eigenvalue weighted by Gasteiger charge is 2.39. The van der Waals surface area contributed by atoms with Gasteiger partial charge in [0.15, 0.2) is 5.69 Å². The lowest BCUT2D eigenvalue weighted by molar-refractivity contribution is 0.477.